The first-order valence-corrected chi connectivity index (χ1v) is 7.87. The summed E-state index contributed by atoms with van der Waals surface area (Å²) < 4.78 is 7.70. The molecule has 4 heterocycles. The minimum Gasteiger partial charge on any atom is -0.366 e. The molecule has 6 nitrogen and oxygen atoms in total. The Morgan fingerprint density at radius 3 is 2.45 bits per heavy atom. The number of likely N-dealkylation sites (tertiary alicyclic amines) is 1. The highest BCUT2D eigenvalue weighted by atomic mass is 16.5. The molecule has 0 aromatic carbocycles. The molecule has 22 heavy (non-hydrogen) atoms. The van der Waals surface area contributed by atoms with Gasteiger partial charge in [-0.05, 0) is 20.8 Å². The summed E-state index contributed by atoms with van der Waals surface area (Å²) in [6.45, 7) is 7.78. The van der Waals surface area contributed by atoms with E-state index in [9.17, 15) is 4.79 Å². The number of rotatable bonds is 1. The molecular formula is C16H22N4O2. The topological polar surface area (TPSA) is 59.4 Å². The highest BCUT2D eigenvalue weighted by Crippen LogP contribution is 2.43. The van der Waals surface area contributed by atoms with Gasteiger partial charge in [0.25, 0.3) is 0 Å². The summed E-state index contributed by atoms with van der Waals surface area (Å²) in [5.41, 5.74) is 0.657. The number of amides is 2. The van der Waals surface area contributed by atoms with Gasteiger partial charge in [-0.25, -0.2) is 4.79 Å². The van der Waals surface area contributed by atoms with Gasteiger partial charge >= 0.3 is 6.03 Å². The standard InChI is InChI=1S/C16H22N4O2/c1-16(2,3)20-7-10(6-17-20)18-15(21)19-8-11-12(9-19)14-5-4-13(11)22-14/h4-7,11-14H,8-9H2,1-3H3,(H,18,21)/t11-,12+,13-,14-/m1/s1. The van der Waals surface area contributed by atoms with Gasteiger partial charge in [-0.2, -0.15) is 5.10 Å². The number of hydrogen-bond donors (Lipinski definition) is 1. The van der Waals surface area contributed by atoms with Crippen LogP contribution in [0.5, 0.6) is 0 Å². The normalized spacial score (nSPS) is 32.6. The van der Waals surface area contributed by atoms with E-state index >= 15 is 0 Å². The number of hydrogen-bond acceptors (Lipinski definition) is 3. The van der Waals surface area contributed by atoms with Gasteiger partial charge in [-0.1, -0.05) is 12.2 Å². The SMILES string of the molecule is CC(C)(C)n1cc(NC(=O)N2C[C@@H]3[C@H](C2)[C@H]2C=C[C@H]3O2)cn1. The molecule has 2 amide bonds. The number of carbonyl (C=O) groups is 1. The lowest BCUT2D eigenvalue weighted by molar-refractivity contribution is 0.0892. The predicted molar refractivity (Wildman–Crippen MR) is 82.6 cm³/mol. The second-order valence-corrected chi connectivity index (χ2v) is 7.46. The van der Waals surface area contributed by atoms with Crippen molar-refractivity contribution in [1.82, 2.24) is 14.7 Å². The lowest BCUT2D eigenvalue weighted by Crippen LogP contribution is -2.35. The van der Waals surface area contributed by atoms with Crippen LogP contribution in [-0.2, 0) is 10.3 Å². The molecule has 6 heteroatoms. The molecule has 1 aromatic heterocycles. The Hall–Kier alpha value is -1.82. The van der Waals surface area contributed by atoms with Crippen LogP contribution < -0.4 is 5.32 Å². The molecule has 1 N–H and O–H groups in total. The Labute approximate surface area is 130 Å². The molecule has 0 spiro atoms. The Bertz CT molecular complexity index is 610. The van der Waals surface area contributed by atoms with Crippen molar-refractivity contribution in [3.05, 3.63) is 24.5 Å². The first-order valence-electron chi connectivity index (χ1n) is 7.87. The number of anilines is 1. The van der Waals surface area contributed by atoms with E-state index in [0.717, 1.165) is 18.8 Å². The average Bonchev–Trinajstić information content (AvgIpc) is 3.19. The highest BCUT2D eigenvalue weighted by molar-refractivity contribution is 5.89. The largest absolute Gasteiger partial charge is 0.366 e. The first-order chi connectivity index (χ1) is 10.4. The van der Waals surface area contributed by atoms with Crippen molar-refractivity contribution >= 4 is 11.7 Å². The molecule has 0 saturated carbocycles. The van der Waals surface area contributed by atoms with Crippen molar-refractivity contribution in [2.45, 2.75) is 38.5 Å². The molecule has 0 aliphatic carbocycles. The van der Waals surface area contributed by atoms with Crippen LogP contribution in [0.4, 0.5) is 10.5 Å². The molecular weight excluding hydrogens is 280 g/mol. The van der Waals surface area contributed by atoms with Crippen LogP contribution in [0.25, 0.3) is 0 Å². The number of fused-ring (bicyclic) bond motifs is 5. The number of carbonyl (C=O) groups excluding carboxylic acids is 1. The van der Waals surface area contributed by atoms with Crippen LogP contribution >= 0.6 is 0 Å². The summed E-state index contributed by atoms with van der Waals surface area (Å²) in [6, 6.07) is -0.0396. The lowest BCUT2D eigenvalue weighted by Gasteiger charge is -2.20. The number of ether oxygens (including phenoxy) is 1. The van der Waals surface area contributed by atoms with Crippen molar-refractivity contribution in [3.63, 3.8) is 0 Å². The van der Waals surface area contributed by atoms with Gasteiger partial charge in [-0.3, -0.25) is 4.68 Å². The van der Waals surface area contributed by atoms with E-state index < -0.39 is 0 Å². The van der Waals surface area contributed by atoms with Crippen molar-refractivity contribution in [3.8, 4) is 0 Å². The number of nitrogens with zero attached hydrogens (tertiary/aromatic N) is 3. The van der Waals surface area contributed by atoms with Crippen LogP contribution in [0.2, 0.25) is 0 Å². The van der Waals surface area contributed by atoms with E-state index in [4.69, 9.17) is 4.74 Å². The maximum Gasteiger partial charge on any atom is 0.321 e. The zero-order chi connectivity index (χ0) is 15.5. The van der Waals surface area contributed by atoms with E-state index in [2.05, 4.69) is 43.3 Å². The van der Waals surface area contributed by atoms with Gasteiger partial charge in [-0.15, -0.1) is 0 Å². The van der Waals surface area contributed by atoms with Gasteiger partial charge in [0, 0.05) is 31.1 Å². The monoisotopic (exact) mass is 302 g/mol. The smallest absolute Gasteiger partial charge is 0.321 e. The van der Waals surface area contributed by atoms with Gasteiger partial charge in [0.05, 0.1) is 29.6 Å². The molecule has 4 atom stereocenters. The summed E-state index contributed by atoms with van der Waals surface area (Å²) >= 11 is 0. The van der Waals surface area contributed by atoms with Crippen molar-refractivity contribution in [1.29, 1.82) is 0 Å². The third-order valence-electron chi connectivity index (χ3n) is 4.87. The minimum atomic E-state index is -0.0875. The van der Waals surface area contributed by atoms with Crippen LogP contribution in [0.3, 0.4) is 0 Å². The summed E-state index contributed by atoms with van der Waals surface area (Å²) in [7, 11) is 0. The number of aromatic nitrogens is 2. The maximum absolute atomic E-state index is 12.5. The highest BCUT2D eigenvalue weighted by Gasteiger charge is 2.51. The molecule has 0 radical (unpaired) electrons. The van der Waals surface area contributed by atoms with Crippen LogP contribution in [0.15, 0.2) is 24.5 Å². The van der Waals surface area contributed by atoms with Crippen molar-refractivity contribution in [2.75, 3.05) is 18.4 Å². The summed E-state index contributed by atoms with van der Waals surface area (Å²) in [5, 5.41) is 7.27. The summed E-state index contributed by atoms with van der Waals surface area (Å²) in [6.07, 6.45) is 8.27. The molecule has 4 rings (SSSR count). The van der Waals surface area contributed by atoms with E-state index in [1.54, 1.807) is 6.20 Å². The minimum absolute atomic E-state index is 0.0396. The Morgan fingerprint density at radius 1 is 1.27 bits per heavy atom. The molecule has 1 aromatic rings. The van der Waals surface area contributed by atoms with Gasteiger partial charge in [0.15, 0.2) is 0 Å². The van der Waals surface area contributed by atoms with Gasteiger partial charge < -0.3 is 15.0 Å². The van der Waals surface area contributed by atoms with Crippen LogP contribution in [0.1, 0.15) is 20.8 Å². The number of urea groups is 1. The number of nitrogens with one attached hydrogen (secondary N) is 1. The van der Waals surface area contributed by atoms with E-state index in [1.807, 2.05) is 15.8 Å². The van der Waals surface area contributed by atoms with Crippen molar-refractivity contribution in [2.24, 2.45) is 11.8 Å². The predicted octanol–water partition coefficient (Wildman–Crippen LogP) is 2.06. The zero-order valence-electron chi connectivity index (χ0n) is 13.2. The summed E-state index contributed by atoms with van der Waals surface area (Å²) in [4.78, 5) is 14.4. The van der Waals surface area contributed by atoms with E-state index in [0.29, 0.717) is 11.8 Å². The van der Waals surface area contributed by atoms with Crippen LogP contribution in [0, 0.1) is 11.8 Å². The molecule has 2 bridgehead atoms. The van der Waals surface area contributed by atoms with Gasteiger partial charge in [0.1, 0.15) is 0 Å². The molecule has 2 saturated heterocycles. The van der Waals surface area contributed by atoms with Gasteiger partial charge in [0.2, 0.25) is 0 Å². The Morgan fingerprint density at radius 2 is 1.91 bits per heavy atom. The molecule has 118 valence electrons. The zero-order valence-corrected chi connectivity index (χ0v) is 13.2. The average molecular weight is 302 g/mol. The third kappa shape index (κ3) is 2.13. The third-order valence-corrected chi connectivity index (χ3v) is 4.87. The Kier molecular flexibility index (Phi) is 2.88. The fourth-order valence-electron chi connectivity index (χ4n) is 3.65. The van der Waals surface area contributed by atoms with Crippen LogP contribution in [-0.4, -0.2) is 46.0 Å². The quantitative estimate of drug-likeness (QED) is 0.808. The summed E-state index contributed by atoms with van der Waals surface area (Å²) in [5.74, 6) is 0.913. The van der Waals surface area contributed by atoms with Crippen molar-refractivity contribution < 1.29 is 9.53 Å². The second-order valence-electron chi connectivity index (χ2n) is 7.46. The first kappa shape index (κ1) is 13.8. The second kappa shape index (κ2) is 4.59. The molecule has 0 unspecified atom stereocenters. The molecule has 2 fully saturated rings. The van der Waals surface area contributed by atoms with E-state index in [-0.39, 0.29) is 23.8 Å². The fraction of sp³-hybridized carbons (Fsp3) is 0.625. The lowest BCUT2D eigenvalue weighted by atomic mass is 9.86. The van der Waals surface area contributed by atoms with E-state index in [1.165, 1.54) is 0 Å². The molecule has 3 aliphatic heterocycles. The fourth-order valence-corrected chi connectivity index (χ4v) is 3.65. The molecule has 3 aliphatic rings. The maximum atomic E-state index is 12.5. The Balaban J connectivity index is 1.41.